The molecule has 0 unspecified atom stereocenters. The summed E-state index contributed by atoms with van der Waals surface area (Å²) in [5.41, 5.74) is 2.59. The normalized spacial score (nSPS) is 28.2. The highest BCUT2D eigenvalue weighted by molar-refractivity contribution is 5.16. The first-order valence-electron chi connectivity index (χ1n) is 7.11. The Bertz CT molecular complexity index is 411. The highest BCUT2D eigenvalue weighted by Crippen LogP contribution is 2.27. The smallest absolute Gasteiger partial charge is 0.0638 e. The SMILES string of the molecule is Cc1nn(C(C)C)cc1CN1C[C@H]2CNC[C@H]2C1. The summed E-state index contributed by atoms with van der Waals surface area (Å²) in [7, 11) is 0. The standard InChI is InChI=1S/C14H24N4/c1-10(2)18-9-14(11(3)16-18)8-17-6-12-4-15-5-13(12)7-17/h9-10,12-13,15H,4-8H2,1-3H3/t12-,13+. The lowest BCUT2D eigenvalue weighted by Gasteiger charge is -2.16. The Kier molecular flexibility index (Phi) is 3.16. The average molecular weight is 248 g/mol. The van der Waals surface area contributed by atoms with Crippen molar-refractivity contribution in [3.8, 4) is 0 Å². The second-order valence-corrected chi connectivity index (χ2v) is 6.19. The molecule has 0 aromatic carbocycles. The van der Waals surface area contributed by atoms with Gasteiger partial charge in [0.2, 0.25) is 0 Å². The van der Waals surface area contributed by atoms with E-state index in [9.17, 15) is 0 Å². The van der Waals surface area contributed by atoms with E-state index in [4.69, 9.17) is 0 Å². The van der Waals surface area contributed by atoms with Crippen LogP contribution in [-0.2, 0) is 6.54 Å². The molecule has 0 radical (unpaired) electrons. The van der Waals surface area contributed by atoms with Crippen molar-refractivity contribution in [2.45, 2.75) is 33.4 Å². The van der Waals surface area contributed by atoms with Crippen LogP contribution in [0.2, 0.25) is 0 Å². The summed E-state index contributed by atoms with van der Waals surface area (Å²) >= 11 is 0. The molecule has 0 bridgehead atoms. The van der Waals surface area contributed by atoms with Crippen molar-refractivity contribution < 1.29 is 0 Å². The summed E-state index contributed by atoms with van der Waals surface area (Å²) in [6.45, 7) is 12.5. The topological polar surface area (TPSA) is 33.1 Å². The van der Waals surface area contributed by atoms with Crippen LogP contribution in [0.1, 0.15) is 31.1 Å². The number of nitrogens with one attached hydrogen (secondary N) is 1. The molecule has 1 aromatic rings. The fourth-order valence-corrected chi connectivity index (χ4v) is 3.26. The van der Waals surface area contributed by atoms with Crippen molar-refractivity contribution in [3.63, 3.8) is 0 Å². The number of rotatable bonds is 3. The number of likely N-dealkylation sites (tertiary alicyclic amines) is 1. The van der Waals surface area contributed by atoms with Gasteiger partial charge in [-0.1, -0.05) is 0 Å². The molecule has 4 heteroatoms. The Balaban J connectivity index is 1.66. The molecule has 100 valence electrons. The van der Waals surface area contributed by atoms with Crippen LogP contribution in [0.15, 0.2) is 6.20 Å². The molecule has 1 aromatic heterocycles. The Hall–Kier alpha value is -0.870. The van der Waals surface area contributed by atoms with Crippen LogP contribution in [-0.4, -0.2) is 40.9 Å². The molecule has 3 rings (SSSR count). The molecule has 4 nitrogen and oxygen atoms in total. The van der Waals surface area contributed by atoms with Crippen molar-refractivity contribution in [3.05, 3.63) is 17.5 Å². The van der Waals surface area contributed by atoms with Gasteiger partial charge in [-0.15, -0.1) is 0 Å². The molecule has 0 aliphatic carbocycles. The molecule has 18 heavy (non-hydrogen) atoms. The molecule has 1 N–H and O–H groups in total. The van der Waals surface area contributed by atoms with Crippen LogP contribution in [0.25, 0.3) is 0 Å². The van der Waals surface area contributed by atoms with Gasteiger partial charge < -0.3 is 5.32 Å². The average Bonchev–Trinajstić information content (AvgIpc) is 2.94. The molecule has 2 aliphatic rings. The monoisotopic (exact) mass is 248 g/mol. The number of aromatic nitrogens is 2. The number of hydrogen-bond donors (Lipinski definition) is 1. The lowest BCUT2D eigenvalue weighted by molar-refractivity contribution is 0.305. The Morgan fingerprint density at radius 2 is 2.00 bits per heavy atom. The molecule has 2 atom stereocenters. The molecule has 3 heterocycles. The van der Waals surface area contributed by atoms with Crippen molar-refractivity contribution in [2.75, 3.05) is 26.2 Å². The zero-order valence-electron chi connectivity index (χ0n) is 11.7. The number of aryl methyl sites for hydroxylation is 1. The number of nitrogens with zero attached hydrogens (tertiary/aromatic N) is 3. The van der Waals surface area contributed by atoms with Crippen LogP contribution in [0, 0.1) is 18.8 Å². The van der Waals surface area contributed by atoms with Crippen LogP contribution in [0.3, 0.4) is 0 Å². The summed E-state index contributed by atoms with van der Waals surface area (Å²) < 4.78 is 2.09. The molecule has 0 spiro atoms. The minimum Gasteiger partial charge on any atom is -0.316 e. The molecule has 2 aliphatic heterocycles. The maximum atomic E-state index is 4.60. The third-order valence-electron chi connectivity index (χ3n) is 4.41. The largest absolute Gasteiger partial charge is 0.316 e. The van der Waals surface area contributed by atoms with Gasteiger partial charge in [-0.05, 0) is 45.7 Å². The van der Waals surface area contributed by atoms with Crippen molar-refractivity contribution in [1.29, 1.82) is 0 Å². The van der Waals surface area contributed by atoms with E-state index >= 15 is 0 Å². The van der Waals surface area contributed by atoms with Gasteiger partial charge >= 0.3 is 0 Å². The summed E-state index contributed by atoms with van der Waals surface area (Å²) in [5, 5.41) is 8.10. The van der Waals surface area contributed by atoms with E-state index in [1.165, 1.54) is 37.4 Å². The predicted molar refractivity (Wildman–Crippen MR) is 72.5 cm³/mol. The fraction of sp³-hybridized carbons (Fsp3) is 0.786. The maximum absolute atomic E-state index is 4.60. The second kappa shape index (κ2) is 4.67. The van der Waals surface area contributed by atoms with Gasteiger partial charge in [-0.2, -0.15) is 5.10 Å². The Labute approximate surface area is 109 Å². The first-order chi connectivity index (χ1) is 8.63. The van der Waals surface area contributed by atoms with Crippen molar-refractivity contribution >= 4 is 0 Å². The third-order valence-corrected chi connectivity index (χ3v) is 4.41. The summed E-state index contributed by atoms with van der Waals surface area (Å²) in [5.74, 6) is 1.76. The Morgan fingerprint density at radius 3 is 2.56 bits per heavy atom. The van der Waals surface area contributed by atoms with Gasteiger partial charge in [0, 0.05) is 37.4 Å². The van der Waals surface area contributed by atoms with E-state index in [0.29, 0.717) is 6.04 Å². The van der Waals surface area contributed by atoms with Crippen LogP contribution < -0.4 is 5.32 Å². The lowest BCUT2D eigenvalue weighted by Crippen LogP contribution is -2.25. The third kappa shape index (κ3) is 2.19. The van der Waals surface area contributed by atoms with Gasteiger partial charge in [0.05, 0.1) is 5.69 Å². The highest BCUT2D eigenvalue weighted by Gasteiger charge is 2.36. The zero-order chi connectivity index (χ0) is 12.7. The summed E-state index contributed by atoms with van der Waals surface area (Å²) in [4.78, 5) is 2.60. The van der Waals surface area contributed by atoms with Gasteiger partial charge in [0.15, 0.2) is 0 Å². The van der Waals surface area contributed by atoms with E-state index in [1.807, 2.05) is 0 Å². The second-order valence-electron chi connectivity index (χ2n) is 6.19. The van der Waals surface area contributed by atoms with E-state index < -0.39 is 0 Å². The van der Waals surface area contributed by atoms with Gasteiger partial charge in [-0.25, -0.2) is 0 Å². The van der Waals surface area contributed by atoms with Gasteiger partial charge in [0.1, 0.15) is 0 Å². The maximum Gasteiger partial charge on any atom is 0.0638 e. The predicted octanol–water partition coefficient (Wildman–Crippen LogP) is 1.42. The fourth-order valence-electron chi connectivity index (χ4n) is 3.26. The van der Waals surface area contributed by atoms with Crippen LogP contribution in [0.5, 0.6) is 0 Å². The molecule has 2 saturated heterocycles. The van der Waals surface area contributed by atoms with E-state index in [1.54, 1.807) is 0 Å². The summed E-state index contributed by atoms with van der Waals surface area (Å²) in [6.07, 6.45) is 2.23. The molecular weight excluding hydrogens is 224 g/mol. The quantitative estimate of drug-likeness (QED) is 0.878. The van der Waals surface area contributed by atoms with E-state index in [0.717, 1.165) is 18.4 Å². The first-order valence-corrected chi connectivity index (χ1v) is 7.11. The van der Waals surface area contributed by atoms with Gasteiger partial charge in [-0.3, -0.25) is 9.58 Å². The minimum absolute atomic E-state index is 0.458. The molecule has 0 saturated carbocycles. The van der Waals surface area contributed by atoms with E-state index in [2.05, 4.69) is 47.0 Å². The summed E-state index contributed by atoms with van der Waals surface area (Å²) in [6, 6.07) is 0.458. The Morgan fingerprint density at radius 1 is 1.33 bits per heavy atom. The lowest BCUT2D eigenvalue weighted by atomic mass is 10.0. The molecule has 2 fully saturated rings. The molecular formula is C14H24N4. The van der Waals surface area contributed by atoms with E-state index in [-0.39, 0.29) is 0 Å². The van der Waals surface area contributed by atoms with Crippen molar-refractivity contribution in [2.24, 2.45) is 11.8 Å². The zero-order valence-corrected chi connectivity index (χ0v) is 11.7. The number of hydrogen-bond acceptors (Lipinski definition) is 3. The molecule has 0 amide bonds. The van der Waals surface area contributed by atoms with Gasteiger partial charge in [0.25, 0.3) is 0 Å². The first kappa shape index (κ1) is 12.2. The van der Waals surface area contributed by atoms with Crippen LogP contribution in [0.4, 0.5) is 0 Å². The highest BCUT2D eigenvalue weighted by atomic mass is 15.3. The van der Waals surface area contributed by atoms with Crippen molar-refractivity contribution in [1.82, 2.24) is 20.0 Å². The minimum atomic E-state index is 0.458. The van der Waals surface area contributed by atoms with Crippen LogP contribution >= 0.6 is 0 Å². The number of fused-ring (bicyclic) bond motifs is 1.